The minimum Gasteiger partial charge on any atom is -0.504 e. The molecule has 0 aliphatic rings. The van der Waals surface area contributed by atoms with Crippen LogP contribution < -0.4 is 5.56 Å². The van der Waals surface area contributed by atoms with E-state index >= 15 is 0 Å². The normalized spacial score (nSPS) is 11.7. The summed E-state index contributed by atoms with van der Waals surface area (Å²) in [4.78, 5) is 28.7. The number of hydrogen-bond donors (Lipinski definition) is 2. The molecule has 2 heterocycles. The lowest BCUT2D eigenvalue weighted by Gasteiger charge is -2.00. The fourth-order valence-corrected chi connectivity index (χ4v) is 1.92. The summed E-state index contributed by atoms with van der Waals surface area (Å²) in [6.07, 6.45) is 2.55. The molecule has 0 saturated heterocycles. The Bertz CT molecular complexity index is 941. The van der Waals surface area contributed by atoms with Gasteiger partial charge >= 0.3 is 0 Å². The largest absolute Gasteiger partial charge is 0.504 e. The fourth-order valence-electron chi connectivity index (χ4n) is 1.92. The van der Waals surface area contributed by atoms with Crippen molar-refractivity contribution >= 4 is 28.6 Å². The minimum atomic E-state index is -0.578. The molecule has 8 heteroatoms. The topological polar surface area (TPSA) is 122 Å². The Kier molecular flexibility index (Phi) is 3.18. The van der Waals surface area contributed by atoms with Gasteiger partial charge in [0, 0.05) is 18.2 Å². The Labute approximate surface area is 122 Å². The van der Waals surface area contributed by atoms with Crippen LogP contribution in [0.4, 0.5) is 5.69 Å². The fraction of sp³-hybridized carbons (Fsp3) is 0. The van der Waals surface area contributed by atoms with Crippen molar-refractivity contribution in [2.24, 2.45) is 0 Å². The van der Waals surface area contributed by atoms with Crippen LogP contribution in [0.1, 0.15) is 11.5 Å². The third-order valence-electron chi connectivity index (χ3n) is 2.96. The highest BCUT2D eigenvalue weighted by molar-refractivity contribution is 5.79. The lowest BCUT2D eigenvalue weighted by molar-refractivity contribution is -0.384. The van der Waals surface area contributed by atoms with Gasteiger partial charge in [-0.3, -0.25) is 14.9 Å². The highest BCUT2D eigenvalue weighted by atomic mass is 16.6. The standard InChI is InChI=1S/C14H9N3O5/c18-12(13-2-1-5-22-13)7-11-14(19)16-10-6-8(17(20)21)3-4-9(10)15-11/h1-7,18H,(H,16,19)/b12-7-. The molecule has 2 aromatic heterocycles. The summed E-state index contributed by atoms with van der Waals surface area (Å²) in [5.41, 5.74) is -0.148. The number of aliphatic hydroxyl groups excluding tert-OH is 1. The molecule has 1 aromatic carbocycles. The molecule has 0 aliphatic carbocycles. The zero-order chi connectivity index (χ0) is 15.7. The van der Waals surface area contributed by atoms with Crippen LogP contribution in [0.15, 0.2) is 45.8 Å². The maximum absolute atomic E-state index is 11.9. The lowest BCUT2D eigenvalue weighted by atomic mass is 10.2. The number of furan rings is 1. The number of nitro groups is 1. The van der Waals surface area contributed by atoms with Crippen LogP contribution in [-0.4, -0.2) is 20.0 Å². The highest BCUT2D eigenvalue weighted by Gasteiger charge is 2.10. The molecule has 22 heavy (non-hydrogen) atoms. The van der Waals surface area contributed by atoms with Crippen molar-refractivity contribution in [2.45, 2.75) is 0 Å². The van der Waals surface area contributed by atoms with E-state index in [0.717, 1.165) is 0 Å². The second-order valence-electron chi connectivity index (χ2n) is 4.42. The van der Waals surface area contributed by atoms with E-state index in [1.165, 1.54) is 36.6 Å². The Balaban J connectivity index is 2.10. The van der Waals surface area contributed by atoms with Crippen molar-refractivity contribution in [1.82, 2.24) is 9.97 Å². The van der Waals surface area contributed by atoms with Gasteiger partial charge in [0.25, 0.3) is 11.2 Å². The Hall–Kier alpha value is -3.42. The number of nitro benzene ring substituents is 1. The third-order valence-corrected chi connectivity index (χ3v) is 2.96. The van der Waals surface area contributed by atoms with E-state index in [0.29, 0.717) is 5.52 Å². The molecule has 8 nitrogen and oxygen atoms in total. The number of benzene rings is 1. The molecule has 0 bridgehead atoms. The van der Waals surface area contributed by atoms with Crippen LogP contribution in [0.2, 0.25) is 0 Å². The summed E-state index contributed by atoms with van der Waals surface area (Å²) < 4.78 is 5.00. The summed E-state index contributed by atoms with van der Waals surface area (Å²) >= 11 is 0. The maximum atomic E-state index is 11.9. The number of H-pyrrole nitrogens is 1. The molecule has 3 aromatic rings. The molecule has 0 atom stereocenters. The quantitative estimate of drug-likeness (QED) is 0.435. The number of hydrogen-bond acceptors (Lipinski definition) is 6. The summed E-state index contributed by atoms with van der Waals surface area (Å²) in [7, 11) is 0. The number of rotatable bonds is 3. The van der Waals surface area contributed by atoms with Gasteiger partial charge in [-0.15, -0.1) is 0 Å². The van der Waals surface area contributed by atoms with Crippen molar-refractivity contribution < 1.29 is 14.4 Å². The number of non-ortho nitro benzene ring substituents is 1. The zero-order valence-electron chi connectivity index (χ0n) is 11.0. The summed E-state index contributed by atoms with van der Waals surface area (Å²) in [6, 6.07) is 7.06. The van der Waals surface area contributed by atoms with E-state index < -0.39 is 10.5 Å². The number of nitrogens with zero attached hydrogens (tertiary/aromatic N) is 2. The summed E-state index contributed by atoms with van der Waals surface area (Å²) in [5, 5.41) is 20.6. The summed E-state index contributed by atoms with van der Waals surface area (Å²) in [5.74, 6) is -0.0470. The molecule has 0 amide bonds. The Morgan fingerprint density at radius 2 is 2.23 bits per heavy atom. The number of aromatic amines is 1. The van der Waals surface area contributed by atoms with Gasteiger partial charge in [0.15, 0.2) is 11.5 Å². The van der Waals surface area contributed by atoms with Gasteiger partial charge in [-0.2, -0.15) is 0 Å². The SMILES string of the molecule is O=c1[nH]c2cc([N+](=O)[O-])ccc2nc1/C=C(\O)c1ccco1. The predicted molar refractivity (Wildman–Crippen MR) is 78.2 cm³/mol. The van der Waals surface area contributed by atoms with E-state index in [-0.39, 0.29) is 28.4 Å². The molecule has 0 saturated carbocycles. The minimum absolute atomic E-state index is 0.0322. The van der Waals surface area contributed by atoms with E-state index in [9.17, 15) is 20.0 Å². The first-order valence-electron chi connectivity index (χ1n) is 6.17. The van der Waals surface area contributed by atoms with Gasteiger partial charge in [-0.05, 0) is 18.2 Å². The lowest BCUT2D eigenvalue weighted by Crippen LogP contribution is -2.12. The van der Waals surface area contributed by atoms with Gasteiger partial charge in [0.2, 0.25) is 0 Å². The maximum Gasteiger partial charge on any atom is 0.274 e. The van der Waals surface area contributed by atoms with Crippen LogP contribution >= 0.6 is 0 Å². The number of aliphatic hydroxyl groups is 1. The van der Waals surface area contributed by atoms with Crippen molar-refractivity contribution in [2.75, 3.05) is 0 Å². The average Bonchev–Trinajstić information content (AvgIpc) is 3.01. The molecule has 0 radical (unpaired) electrons. The van der Waals surface area contributed by atoms with Gasteiger partial charge in [0.05, 0.1) is 22.2 Å². The number of fused-ring (bicyclic) bond motifs is 1. The average molecular weight is 299 g/mol. The van der Waals surface area contributed by atoms with Gasteiger partial charge < -0.3 is 14.5 Å². The van der Waals surface area contributed by atoms with Gasteiger partial charge in [0.1, 0.15) is 5.69 Å². The van der Waals surface area contributed by atoms with Gasteiger partial charge in [-0.25, -0.2) is 4.98 Å². The highest BCUT2D eigenvalue weighted by Crippen LogP contribution is 2.18. The molecule has 0 aliphatic heterocycles. The first-order chi connectivity index (χ1) is 10.5. The first-order valence-corrected chi connectivity index (χ1v) is 6.17. The Morgan fingerprint density at radius 1 is 1.41 bits per heavy atom. The van der Waals surface area contributed by atoms with Crippen LogP contribution in [0, 0.1) is 10.1 Å². The molecule has 110 valence electrons. The number of aromatic nitrogens is 2. The van der Waals surface area contributed by atoms with Crippen molar-refractivity contribution in [3.8, 4) is 0 Å². The second kappa shape index (κ2) is 5.17. The third kappa shape index (κ3) is 2.44. The van der Waals surface area contributed by atoms with Crippen LogP contribution in [-0.2, 0) is 0 Å². The van der Waals surface area contributed by atoms with E-state index in [1.54, 1.807) is 6.07 Å². The molecular weight excluding hydrogens is 290 g/mol. The molecule has 0 fully saturated rings. The first kappa shape index (κ1) is 13.6. The molecule has 2 N–H and O–H groups in total. The second-order valence-corrected chi connectivity index (χ2v) is 4.42. The van der Waals surface area contributed by atoms with Gasteiger partial charge in [-0.1, -0.05) is 0 Å². The molecular formula is C14H9N3O5. The Morgan fingerprint density at radius 3 is 2.91 bits per heavy atom. The number of nitrogens with one attached hydrogen (secondary N) is 1. The van der Waals surface area contributed by atoms with E-state index in [4.69, 9.17) is 4.42 Å². The summed E-state index contributed by atoms with van der Waals surface area (Å²) in [6.45, 7) is 0. The van der Waals surface area contributed by atoms with Crippen molar-refractivity contribution in [1.29, 1.82) is 0 Å². The van der Waals surface area contributed by atoms with Crippen LogP contribution in [0.3, 0.4) is 0 Å². The van der Waals surface area contributed by atoms with Crippen molar-refractivity contribution in [3.05, 3.63) is 68.5 Å². The molecule has 0 spiro atoms. The smallest absolute Gasteiger partial charge is 0.274 e. The van der Waals surface area contributed by atoms with E-state index in [1.807, 2.05) is 0 Å². The molecule has 0 unspecified atom stereocenters. The zero-order valence-corrected chi connectivity index (χ0v) is 11.0. The van der Waals surface area contributed by atoms with E-state index in [2.05, 4.69) is 9.97 Å². The van der Waals surface area contributed by atoms with Crippen molar-refractivity contribution in [3.63, 3.8) is 0 Å². The monoisotopic (exact) mass is 299 g/mol. The molecule has 3 rings (SSSR count). The van der Waals surface area contributed by atoms with Crippen LogP contribution in [0.25, 0.3) is 22.9 Å². The van der Waals surface area contributed by atoms with Crippen LogP contribution in [0.5, 0.6) is 0 Å². The predicted octanol–water partition coefficient (Wildman–Crippen LogP) is 2.48.